The maximum Gasteiger partial charge on any atom is 0.0223 e. The van der Waals surface area contributed by atoms with Gasteiger partial charge in [0.05, 0.1) is 0 Å². The van der Waals surface area contributed by atoms with Crippen LogP contribution < -0.4 is 5.32 Å². The van der Waals surface area contributed by atoms with E-state index in [4.69, 9.17) is 0 Å². The van der Waals surface area contributed by atoms with E-state index in [0.717, 1.165) is 12.6 Å². The fourth-order valence-electron chi connectivity index (χ4n) is 2.67. The molecule has 1 atom stereocenters. The summed E-state index contributed by atoms with van der Waals surface area (Å²) in [7, 11) is 4.36. The van der Waals surface area contributed by atoms with Gasteiger partial charge in [-0.15, -0.1) is 0 Å². The van der Waals surface area contributed by atoms with Crippen LogP contribution in [0, 0.1) is 0 Å². The van der Waals surface area contributed by atoms with Crippen molar-refractivity contribution in [1.29, 1.82) is 0 Å². The highest BCUT2D eigenvalue weighted by atomic mass is 15.2. The number of hydrogen-bond acceptors (Lipinski definition) is 3. The van der Waals surface area contributed by atoms with Crippen LogP contribution in [0.25, 0.3) is 0 Å². The van der Waals surface area contributed by atoms with Crippen molar-refractivity contribution in [2.24, 2.45) is 0 Å². The van der Waals surface area contributed by atoms with Crippen molar-refractivity contribution < 1.29 is 0 Å². The second kappa shape index (κ2) is 8.90. The number of rotatable bonds is 9. The van der Waals surface area contributed by atoms with Gasteiger partial charge in [-0.2, -0.15) is 0 Å². The van der Waals surface area contributed by atoms with E-state index in [1.165, 1.54) is 58.3 Å². The first kappa shape index (κ1) is 14.9. The van der Waals surface area contributed by atoms with Gasteiger partial charge in [0, 0.05) is 25.7 Å². The quantitative estimate of drug-likeness (QED) is 0.621. The first-order valence-electron chi connectivity index (χ1n) is 7.33. The van der Waals surface area contributed by atoms with Crippen LogP contribution in [0.5, 0.6) is 0 Å². The second-order valence-corrected chi connectivity index (χ2v) is 5.55. The van der Waals surface area contributed by atoms with Crippen molar-refractivity contribution in [1.82, 2.24) is 15.1 Å². The zero-order valence-corrected chi connectivity index (χ0v) is 12.0. The molecule has 0 radical (unpaired) electrons. The molecule has 0 aliphatic carbocycles. The minimum Gasteiger partial charge on any atom is -0.315 e. The molecule has 0 aromatic heterocycles. The van der Waals surface area contributed by atoms with Crippen LogP contribution in [0.2, 0.25) is 0 Å². The van der Waals surface area contributed by atoms with Gasteiger partial charge < -0.3 is 10.2 Å². The average molecular weight is 241 g/mol. The molecule has 1 rings (SSSR count). The van der Waals surface area contributed by atoms with Gasteiger partial charge in [-0.3, -0.25) is 4.90 Å². The van der Waals surface area contributed by atoms with Crippen molar-refractivity contribution in [2.45, 2.75) is 45.1 Å². The number of nitrogens with one attached hydrogen (secondary N) is 1. The molecule has 0 aromatic rings. The Bertz CT molecular complexity index is 182. The summed E-state index contributed by atoms with van der Waals surface area (Å²) >= 11 is 0. The second-order valence-electron chi connectivity index (χ2n) is 5.55. The van der Waals surface area contributed by atoms with E-state index in [-0.39, 0.29) is 0 Å². The summed E-state index contributed by atoms with van der Waals surface area (Å²) in [5.41, 5.74) is 0. The third kappa shape index (κ3) is 6.39. The minimum absolute atomic E-state index is 0.794. The molecular formula is C14H31N3. The maximum atomic E-state index is 3.57. The first-order valence-corrected chi connectivity index (χ1v) is 7.33. The predicted octanol–water partition coefficient (Wildman–Crippen LogP) is 1.79. The molecule has 1 saturated heterocycles. The van der Waals surface area contributed by atoms with Gasteiger partial charge in [-0.1, -0.05) is 19.8 Å². The van der Waals surface area contributed by atoms with Crippen LogP contribution >= 0.6 is 0 Å². The lowest BCUT2D eigenvalue weighted by Gasteiger charge is -2.27. The summed E-state index contributed by atoms with van der Waals surface area (Å²) in [6.45, 7) is 8.36. The van der Waals surface area contributed by atoms with Gasteiger partial charge in [0.2, 0.25) is 0 Å². The van der Waals surface area contributed by atoms with E-state index >= 15 is 0 Å². The maximum absolute atomic E-state index is 3.57. The minimum atomic E-state index is 0.794. The molecule has 102 valence electrons. The van der Waals surface area contributed by atoms with Crippen LogP contribution in [-0.4, -0.2) is 62.7 Å². The average Bonchev–Trinajstić information content (AvgIpc) is 2.70. The lowest BCUT2D eigenvalue weighted by Crippen LogP contribution is -2.41. The van der Waals surface area contributed by atoms with Crippen molar-refractivity contribution in [3.05, 3.63) is 0 Å². The molecule has 0 aromatic carbocycles. The molecule has 0 spiro atoms. The topological polar surface area (TPSA) is 18.5 Å². The molecule has 1 fully saturated rings. The molecule has 17 heavy (non-hydrogen) atoms. The summed E-state index contributed by atoms with van der Waals surface area (Å²) in [6.07, 6.45) is 6.78. The largest absolute Gasteiger partial charge is 0.315 e. The van der Waals surface area contributed by atoms with Gasteiger partial charge in [0.25, 0.3) is 0 Å². The Balaban J connectivity index is 2.05. The van der Waals surface area contributed by atoms with Gasteiger partial charge in [0.15, 0.2) is 0 Å². The van der Waals surface area contributed by atoms with E-state index in [9.17, 15) is 0 Å². The third-order valence-corrected chi connectivity index (χ3v) is 3.61. The van der Waals surface area contributed by atoms with Crippen LogP contribution in [0.15, 0.2) is 0 Å². The highest BCUT2D eigenvalue weighted by molar-refractivity contribution is 4.81. The Morgan fingerprint density at radius 3 is 2.76 bits per heavy atom. The summed E-state index contributed by atoms with van der Waals surface area (Å²) in [6, 6.07) is 0.794. The van der Waals surface area contributed by atoms with E-state index in [2.05, 4.69) is 36.1 Å². The van der Waals surface area contributed by atoms with E-state index in [0.29, 0.717) is 0 Å². The molecule has 3 heteroatoms. The van der Waals surface area contributed by atoms with Gasteiger partial charge >= 0.3 is 0 Å². The van der Waals surface area contributed by atoms with E-state index in [1.54, 1.807) is 0 Å². The highest BCUT2D eigenvalue weighted by Gasteiger charge is 2.23. The predicted molar refractivity (Wildman–Crippen MR) is 75.5 cm³/mol. The van der Waals surface area contributed by atoms with Crippen molar-refractivity contribution in [2.75, 3.05) is 46.8 Å². The first-order chi connectivity index (χ1) is 8.24. The Morgan fingerprint density at radius 2 is 2.06 bits per heavy atom. The summed E-state index contributed by atoms with van der Waals surface area (Å²) in [5.74, 6) is 0. The molecule has 1 N–H and O–H groups in total. The standard InChI is InChI=1S/C14H31N3/c1-4-5-6-9-15-10-12-17-11-7-8-14(17)13-16(2)3/h14-15H,4-13H2,1-3H3. The van der Waals surface area contributed by atoms with Crippen molar-refractivity contribution >= 4 is 0 Å². The normalized spacial score (nSPS) is 21.5. The molecule has 0 bridgehead atoms. The zero-order valence-electron chi connectivity index (χ0n) is 12.0. The van der Waals surface area contributed by atoms with Crippen LogP contribution in [0.4, 0.5) is 0 Å². The fourth-order valence-corrected chi connectivity index (χ4v) is 2.67. The molecule has 1 aliphatic heterocycles. The number of likely N-dealkylation sites (N-methyl/N-ethyl adjacent to an activating group) is 1. The van der Waals surface area contributed by atoms with Gasteiger partial charge in [0.1, 0.15) is 0 Å². The number of likely N-dealkylation sites (tertiary alicyclic amines) is 1. The molecular weight excluding hydrogens is 210 g/mol. The number of unbranched alkanes of at least 4 members (excludes halogenated alkanes) is 2. The summed E-state index contributed by atoms with van der Waals surface area (Å²) in [5, 5.41) is 3.57. The van der Waals surface area contributed by atoms with Crippen LogP contribution in [0.1, 0.15) is 39.0 Å². The number of nitrogens with zero attached hydrogens (tertiary/aromatic N) is 2. The molecule has 1 aliphatic rings. The molecule has 1 unspecified atom stereocenters. The smallest absolute Gasteiger partial charge is 0.0223 e. The Kier molecular flexibility index (Phi) is 7.82. The Hall–Kier alpha value is -0.120. The van der Waals surface area contributed by atoms with Gasteiger partial charge in [-0.25, -0.2) is 0 Å². The summed E-state index contributed by atoms with van der Waals surface area (Å²) < 4.78 is 0. The van der Waals surface area contributed by atoms with Crippen molar-refractivity contribution in [3.63, 3.8) is 0 Å². The summed E-state index contributed by atoms with van der Waals surface area (Å²) in [4.78, 5) is 4.98. The highest BCUT2D eigenvalue weighted by Crippen LogP contribution is 2.16. The van der Waals surface area contributed by atoms with Crippen molar-refractivity contribution in [3.8, 4) is 0 Å². The molecule has 0 amide bonds. The lowest BCUT2D eigenvalue weighted by molar-refractivity contribution is 0.208. The van der Waals surface area contributed by atoms with E-state index in [1.807, 2.05) is 0 Å². The van der Waals surface area contributed by atoms with E-state index < -0.39 is 0 Å². The monoisotopic (exact) mass is 241 g/mol. The SMILES string of the molecule is CCCCCNCCN1CCCC1CN(C)C. The molecule has 3 nitrogen and oxygen atoms in total. The molecule has 1 heterocycles. The van der Waals surface area contributed by atoms with Gasteiger partial charge in [-0.05, 0) is 46.4 Å². The van der Waals surface area contributed by atoms with Crippen LogP contribution in [0.3, 0.4) is 0 Å². The Morgan fingerprint density at radius 1 is 1.24 bits per heavy atom. The zero-order chi connectivity index (χ0) is 12.5. The lowest BCUT2D eigenvalue weighted by atomic mass is 10.2. The third-order valence-electron chi connectivity index (χ3n) is 3.61. The number of hydrogen-bond donors (Lipinski definition) is 1. The molecule has 0 saturated carbocycles. The van der Waals surface area contributed by atoms with Crippen LogP contribution in [-0.2, 0) is 0 Å². The fraction of sp³-hybridized carbons (Fsp3) is 1.00. The Labute approximate surface area is 108 Å².